The average Bonchev–Trinajstić information content (AvgIpc) is 2.86. The molecule has 3 unspecified atom stereocenters. The fourth-order valence-electron chi connectivity index (χ4n) is 7.49. The number of rotatable bonds is 3. The molecule has 22 heavy (non-hydrogen) atoms. The Hall–Kier alpha value is 0. The minimum atomic E-state index is 0.805. The molecule has 0 radical (unpaired) electrons. The quantitative estimate of drug-likeness (QED) is 0.535. The van der Waals surface area contributed by atoms with E-state index in [0.29, 0.717) is 0 Å². The first kappa shape index (κ1) is 15.5. The fraction of sp³-hybridized carbons (Fsp3) is 1.00. The molecule has 0 amide bonds. The van der Waals surface area contributed by atoms with Gasteiger partial charge in [-0.05, 0) is 79.4 Å². The van der Waals surface area contributed by atoms with Gasteiger partial charge in [0.15, 0.2) is 0 Å². The Balaban J connectivity index is 1.62. The number of hydrogen-bond donors (Lipinski definition) is 0. The third-order valence-corrected chi connectivity index (χ3v) is 8.74. The molecule has 0 bridgehead atoms. The van der Waals surface area contributed by atoms with Gasteiger partial charge < -0.3 is 0 Å². The zero-order valence-electron chi connectivity index (χ0n) is 15.2. The molecule has 0 aromatic rings. The van der Waals surface area contributed by atoms with Crippen LogP contribution in [0.15, 0.2) is 0 Å². The van der Waals surface area contributed by atoms with E-state index in [1.807, 2.05) is 0 Å². The largest absolute Gasteiger partial charge is 0.0651 e. The second-order valence-corrected chi connectivity index (χ2v) is 9.73. The molecule has 0 heterocycles. The Morgan fingerprint density at radius 3 is 2.27 bits per heavy atom. The highest BCUT2D eigenvalue weighted by molar-refractivity contribution is 5.07. The van der Waals surface area contributed by atoms with Gasteiger partial charge in [0.25, 0.3) is 0 Å². The van der Waals surface area contributed by atoms with Crippen molar-refractivity contribution in [2.45, 2.75) is 97.3 Å². The first-order chi connectivity index (χ1) is 10.7. The van der Waals surface area contributed by atoms with Crippen LogP contribution in [0.3, 0.4) is 0 Å². The van der Waals surface area contributed by atoms with E-state index in [1.165, 1.54) is 12.8 Å². The van der Waals surface area contributed by atoms with Gasteiger partial charge in [-0.1, -0.05) is 58.8 Å². The van der Waals surface area contributed by atoms with Crippen LogP contribution in [0.25, 0.3) is 0 Å². The summed E-state index contributed by atoms with van der Waals surface area (Å²) in [5.74, 6) is 6.62. The second-order valence-electron chi connectivity index (χ2n) is 9.73. The molecule has 4 fully saturated rings. The Bertz CT molecular complexity index is 373. The molecule has 0 nitrogen and oxygen atoms in total. The summed E-state index contributed by atoms with van der Waals surface area (Å²) >= 11 is 0. The highest BCUT2D eigenvalue weighted by Crippen LogP contribution is 2.66. The highest BCUT2D eigenvalue weighted by atomic mass is 14.6. The van der Waals surface area contributed by atoms with E-state index in [9.17, 15) is 0 Å². The lowest BCUT2D eigenvalue weighted by molar-refractivity contribution is -0.123. The maximum atomic E-state index is 2.51. The summed E-state index contributed by atoms with van der Waals surface area (Å²) in [7, 11) is 0. The van der Waals surface area contributed by atoms with Crippen LogP contribution < -0.4 is 0 Å². The summed E-state index contributed by atoms with van der Waals surface area (Å²) in [4.78, 5) is 0. The molecule has 0 spiro atoms. The van der Waals surface area contributed by atoms with Crippen molar-refractivity contribution in [2.24, 2.45) is 40.9 Å². The smallest absolute Gasteiger partial charge is 0.0210 e. The van der Waals surface area contributed by atoms with E-state index in [1.54, 1.807) is 70.6 Å². The molecule has 0 aliphatic heterocycles. The summed E-state index contributed by atoms with van der Waals surface area (Å²) in [6, 6.07) is 0. The molecule has 4 aliphatic rings. The molecule has 0 saturated heterocycles. The van der Waals surface area contributed by atoms with Crippen LogP contribution in [-0.2, 0) is 0 Å². The van der Waals surface area contributed by atoms with Gasteiger partial charge in [0, 0.05) is 0 Å². The summed E-state index contributed by atoms with van der Waals surface area (Å²) in [6.45, 7) is 4.93. The Labute approximate surface area is 138 Å². The summed E-state index contributed by atoms with van der Waals surface area (Å²) in [5, 5.41) is 0. The molecular formula is C22H38. The normalized spacial score (nSPS) is 52.1. The van der Waals surface area contributed by atoms with Crippen molar-refractivity contribution in [3.8, 4) is 0 Å². The summed E-state index contributed by atoms with van der Waals surface area (Å²) in [5.41, 5.74) is 0.805. The van der Waals surface area contributed by atoms with E-state index in [-0.39, 0.29) is 0 Å². The molecule has 4 saturated carbocycles. The van der Waals surface area contributed by atoms with E-state index in [4.69, 9.17) is 0 Å². The van der Waals surface area contributed by atoms with Gasteiger partial charge in [0.2, 0.25) is 0 Å². The van der Waals surface area contributed by atoms with Crippen molar-refractivity contribution in [1.82, 2.24) is 0 Å². The van der Waals surface area contributed by atoms with Crippen LogP contribution in [0.2, 0.25) is 0 Å². The topological polar surface area (TPSA) is 0 Å². The first-order valence-corrected chi connectivity index (χ1v) is 10.7. The number of fused-ring (bicyclic) bond motifs is 1. The maximum Gasteiger partial charge on any atom is -0.0210 e. The molecule has 4 aliphatic carbocycles. The van der Waals surface area contributed by atoms with Crippen LogP contribution in [0, 0.1) is 40.9 Å². The third kappa shape index (κ3) is 2.39. The van der Waals surface area contributed by atoms with Crippen molar-refractivity contribution in [1.29, 1.82) is 0 Å². The van der Waals surface area contributed by atoms with Gasteiger partial charge >= 0.3 is 0 Å². The van der Waals surface area contributed by atoms with E-state index in [2.05, 4.69) is 13.8 Å². The summed E-state index contributed by atoms with van der Waals surface area (Å²) < 4.78 is 0. The predicted molar refractivity (Wildman–Crippen MR) is 94.7 cm³/mol. The van der Waals surface area contributed by atoms with Gasteiger partial charge in [0.1, 0.15) is 0 Å². The zero-order valence-corrected chi connectivity index (χ0v) is 15.2. The standard InChI is InChI=1S/C22H38/c1-3-17-14-20(15-17)22(19-12-16(2)13-19)11-6-4-5-8-18-9-7-10-21(18)22/h16-21H,3-15H2,1-2H3. The Kier molecular flexibility index (Phi) is 4.33. The predicted octanol–water partition coefficient (Wildman–Crippen LogP) is 6.84. The average molecular weight is 303 g/mol. The molecule has 3 atom stereocenters. The molecular weight excluding hydrogens is 264 g/mol. The third-order valence-electron chi connectivity index (χ3n) is 8.74. The van der Waals surface area contributed by atoms with E-state index >= 15 is 0 Å². The van der Waals surface area contributed by atoms with E-state index < -0.39 is 0 Å². The highest BCUT2D eigenvalue weighted by Gasteiger charge is 2.58. The molecule has 0 N–H and O–H groups in total. The molecule has 126 valence electrons. The lowest BCUT2D eigenvalue weighted by atomic mass is 9.43. The Morgan fingerprint density at radius 2 is 1.55 bits per heavy atom. The minimum Gasteiger partial charge on any atom is -0.0651 e. The zero-order chi connectivity index (χ0) is 15.2. The SMILES string of the molecule is CCC1CC(C2(C3CC(C)C3)CCCCCC3CCCC32)C1. The molecule has 0 aromatic heterocycles. The van der Waals surface area contributed by atoms with Gasteiger partial charge in [-0.25, -0.2) is 0 Å². The van der Waals surface area contributed by atoms with Gasteiger partial charge in [0.05, 0.1) is 0 Å². The van der Waals surface area contributed by atoms with Gasteiger partial charge in [-0.3, -0.25) is 0 Å². The monoisotopic (exact) mass is 302 g/mol. The lowest BCUT2D eigenvalue weighted by Gasteiger charge is -2.61. The van der Waals surface area contributed by atoms with Crippen molar-refractivity contribution in [2.75, 3.05) is 0 Å². The van der Waals surface area contributed by atoms with Crippen LogP contribution >= 0.6 is 0 Å². The first-order valence-electron chi connectivity index (χ1n) is 10.7. The second kappa shape index (κ2) is 6.14. The molecule has 0 heteroatoms. The van der Waals surface area contributed by atoms with Gasteiger partial charge in [-0.15, -0.1) is 0 Å². The minimum absolute atomic E-state index is 0.805. The van der Waals surface area contributed by atoms with Crippen molar-refractivity contribution < 1.29 is 0 Å². The summed E-state index contributed by atoms with van der Waals surface area (Å²) in [6.07, 6.45) is 20.4. The van der Waals surface area contributed by atoms with Gasteiger partial charge in [-0.2, -0.15) is 0 Å². The maximum absolute atomic E-state index is 2.51. The van der Waals surface area contributed by atoms with Crippen molar-refractivity contribution >= 4 is 0 Å². The molecule has 0 aromatic carbocycles. The van der Waals surface area contributed by atoms with Crippen LogP contribution in [0.1, 0.15) is 97.3 Å². The van der Waals surface area contributed by atoms with Crippen LogP contribution in [0.4, 0.5) is 0 Å². The van der Waals surface area contributed by atoms with Crippen LogP contribution in [0.5, 0.6) is 0 Å². The number of hydrogen-bond acceptors (Lipinski definition) is 0. The van der Waals surface area contributed by atoms with Crippen LogP contribution in [-0.4, -0.2) is 0 Å². The van der Waals surface area contributed by atoms with Crippen molar-refractivity contribution in [3.63, 3.8) is 0 Å². The van der Waals surface area contributed by atoms with E-state index in [0.717, 1.165) is 40.9 Å². The van der Waals surface area contributed by atoms with Crippen molar-refractivity contribution in [3.05, 3.63) is 0 Å². The molecule has 4 rings (SSSR count). The Morgan fingerprint density at radius 1 is 0.818 bits per heavy atom. The fourth-order valence-corrected chi connectivity index (χ4v) is 7.49. The lowest BCUT2D eigenvalue weighted by Crippen LogP contribution is -2.53.